The van der Waals surface area contributed by atoms with Gasteiger partial charge in [-0.25, -0.2) is 9.00 Å². The van der Waals surface area contributed by atoms with Crippen LogP contribution >= 0.6 is 0 Å². The predicted octanol–water partition coefficient (Wildman–Crippen LogP) is 3.13. The van der Waals surface area contributed by atoms with E-state index in [9.17, 15) is 22.2 Å². The number of rotatable bonds is 5. The summed E-state index contributed by atoms with van der Waals surface area (Å²) in [5, 5.41) is 13.6. The number of benzene rings is 1. The van der Waals surface area contributed by atoms with Crippen LogP contribution in [0.1, 0.15) is 19.8 Å². The topological polar surface area (TPSA) is 82.0 Å². The van der Waals surface area contributed by atoms with E-state index in [1.54, 1.807) is 0 Å². The van der Waals surface area contributed by atoms with Crippen LogP contribution in [-0.2, 0) is 10.8 Å². The number of nitriles is 1. The van der Waals surface area contributed by atoms with Gasteiger partial charge in [0.1, 0.15) is 0 Å². The summed E-state index contributed by atoms with van der Waals surface area (Å²) in [5.74, 6) is 0. The van der Waals surface area contributed by atoms with Crippen molar-refractivity contribution in [3.05, 3.63) is 24.3 Å². The fourth-order valence-electron chi connectivity index (χ4n) is 1.56. The summed E-state index contributed by atoms with van der Waals surface area (Å²) < 4.78 is 48.0. The lowest BCUT2D eigenvalue weighted by Crippen LogP contribution is -2.37. The molecule has 5 nitrogen and oxygen atoms in total. The zero-order valence-corrected chi connectivity index (χ0v) is 12.4. The minimum Gasteiger partial charge on any atom is -0.334 e. The first-order valence-corrected chi connectivity index (χ1v) is 7.46. The molecule has 1 aromatic carbocycles. The Hall–Kier alpha value is -2.08. The van der Waals surface area contributed by atoms with Crippen LogP contribution in [0.25, 0.3) is 0 Å². The quantitative estimate of drug-likeness (QED) is 0.868. The van der Waals surface area contributed by atoms with E-state index in [0.29, 0.717) is 6.42 Å². The molecule has 9 heteroatoms. The fraction of sp³-hybridized carbons (Fsp3) is 0.385. The molecule has 0 aromatic heterocycles. The smallest absolute Gasteiger partial charge is 0.334 e. The van der Waals surface area contributed by atoms with Crippen LogP contribution in [0.4, 0.5) is 23.7 Å². The van der Waals surface area contributed by atoms with E-state index in [0.717, 1.165) is 12.1 Å². The van der Waals surface area contributed by atoms with E-state index in [2.05, 4.69) is 10.6 Å². The molecule has 1 rings (SSSR count). The van der Waals surface area contributed by atoms with Crippen LogP contribution in [0.5, 0.6) is 0 Å². The highest BCUT2D eigenvalue weighted by molar-refractivity contribution is 7.86. The van der Waals surface area contributed by atoms with E-state index >= 15 is 0 Å². The van der Waals surface area contributed by atoms with E-state index < -0.39 is 27.2 Å². The molecule has 0 spiro atoms. The van der Waals surface area contributed by atoms with Gasteiger partial charge in [0.05, 0.1) is 12.5 Å². The van der Waals surface area contributed by atoms with Crippen LogP contribution in [0.15, 0.2) is 29.2 Å². The Balaban J connectivity index is 2.67. The van der Waals surface area contributed by atoms with Gasteiger partial charge in [-0.3, -0.25) is 0 Å². The number of hydrogen-bond donors (Lipinski definition) is 2. The lowest BCUT2D eigenvalue weighted by atomic mass is 10.2. The number of carbonyl (C=O) groups is 1. The van der Waals surface area contributed by atoms with Gasteiger partial charge in [0.25, 0.3) is 0 Å². The van der Waals surface area contributed by atoms with E-state index in [-0.39, 0.29) is 18.2 Å². The second kappa shape index (κ2) is 7.79. The van der Waals surface area contributed by atoms with Crippen LogP contribution in [0.2, 0.25) is 0 Å². The van der Waals surface area contributed by atoms with Gasteiger partial charge in [-0.1, -0.05) is 6.92 Å². The van der Waals surface area contributed by atoms with Crippen molar-refractivity contribution in [2.24, 2.45) is 0 Å². The molecular weight excluding hydrogens is 319 g/mol. The molecular formula is C13H14F3N3O2S. The Morgan fingerprint density at radius 3 is 2.41 bits per heavy atom. The van der Waals surface area contributed by atoms with Gasteiger partial charge in [-0.2, -0.15) is 18.4 Å². The number of urea groups is 1. The number of anilines is 1. The highest BCUT2D eigenvalue weighted by Crippen LogP contribution is 2.26. The van der Waals surface area contributed by atoms with E-state index in [4.69, 9.17) is 5.26 Å². The molecule has 0 aliphatic rings. The number of alkyl halides is 3. The number of hydrogen-bond acceptors (Lipinski definition) is 3. The molecule has 0 fully saturated rings. The molecule has 0 aliphatic heterocycles. The molecule has 2 N–H and O–H groups in total. The number of carbonyl (C=O) groups excluding carboxylic acids is 1. The van der Waals surface area contributed by atoms with Crippen LogP contribution in [-0.4, -0.2) is 21.8 Å². The first-order valence-electron chi connectivity index (χ1n) is 6.31. The second-order valence-corrected chi connectivity index (χ2v) is 5.78. The van der Waals surface area contributed by atoms with Gasteiger partial charge in [0.2, 0.25) is 0 Å². The van der Waals surface area contributed by atoms with Crippen molar-refractivity contribution in [3.8, 4) is 6.07 Å². The van der Waals surface area contributed by atoms with Gasteiger partial charge in [-0.15, -0.1) is 0 Å². The summed E-state index contributed by atoms with van der Waals surface area (Å²) in [5.41, 5.74) is -4.56. The number of halogens is 3. The zero-order valence-electron chi connectivity index (χ0n) is 11.6. The summed E-state index contributed by atoms with van der Waals surface area (Å²) in [7, 11) is -3.10. The van der Waals surface area contributed by atoms with Crippen molar-refractivity contribution in [1.29, 1.82) is 5.26 Å². The lowest BCUT2D eigenvalue weighted by Gasteiger charge is -2.14. The van der Waals surface area contributed by atoms with Crippen molar-refractivity contribution in [1.82, 2.24) is 5.32 Å². The van der Waals surface area contributed by atoms with Crippen LogP contribution in [0, 0.1) is 11.3 Å². The Bertz CT molecular complexity index is 582. The summed E-state index contributed by atoms with van der Waals surface area (Å²) >= 11 is 0. The molecule has 1 aromatic rings. The third-order valence-corrected chi connectivity index (χ3v) is 3.82. The van der Waals surface area contributed by atoms with Gasteiger partial charge in [-0.05, 0) is 30.7 Å². The highest BCUT2D eigenvalue weighted by Gasteiger charge is 2.37. The van der Waals surface area contributed by atoms with Crippen LogP contribution < -0.4 is 10.6 Å². The number of nitrogens with zero attached hydrogens (tertiary/aromatic N) is 1. The average Bonchev–Trinajstić information content (AvgIpc) is 2.45. The summed E-state index contributed by atoms with van der Waals surface area (Å²) in [4.78, 5) is 11.3. The SMILES string of the molecule is CCC(CC#N)NC(=O)Nc1ccc(S(=O)C(F)(F)F)cc1. The summed E-state index contributed by atoms with van der Waals surface area (Å²) in [6.07, 6.45) is 0.734. The molecule has 0 saturated heterocycles. The predicted molar refractivity (Wildman–Crippen MR) is 75.4 cm³/mol. The molecule has 0 saturated carbocycles. The first kappa shape index (κ1) is 18.0. The zero-order chi connectivity index (χ0) is 16.8. The summed E-state index contributed by atoms with van der Waals surface area (Å²) in [6, 6.07) is 5.59. The Morgan fingerprint density at radius 1 is 1.36 bits per heavy atom. The third kappa shape index (κ3) is 5.37. The second-order valence-electron chi connectivity index (χ2n) is 4.30. The summed E-state index contributed by atoms with van der Waals surface area (Å²) in [6.45, 7) is 1.81. The molecule has 0 heterocycles. The minimum atomic E-state index is -4.82. The molecule has 0 bridgehead atoms. The fourth-order valence-corrected chi connectivity index (χ4v) is 2.21. The van der Waals surface area contributed by atoms with E-state index in [1.807, 2.05) is 13.0 Å². The highest BCUT2D eigenvalue weighted by atomic mass is 32.2. The molecule has 2 atom stereocenters. The van der Waals surface area contributed by atoms with Gasteiger partial charge >= 0.3 is 11.5 Å². The van der Waals surface area contributed by atoms with Crippen molar-refractivity contribution in [2.45, 2.75) is 36.2 Å². The Morgan fingerprint density at radius 2 is 1.95 bits per heavy atom. The number of amides is 2. The minimum absolute atomic E-state index is 0.160. The van der Waals surface area contributed by atoms with Crippen molar-refractivity contribution in [2.75, 3.05) is 5.32 Å². The maximum atomic E-state index is 12.3. The molecule has 2 unspecified atom stereocenters. The first-order chi connectivity index (χ1) is 10.3. The van der Waals surface area contributed by atoms with Gasteiger partial charge in [0.15, 0.2) is 10.8 Å². The van der Waals surface area contributed by atoms with Crippen molar-refractivity contribution in [3.63, 3.8) is 0 Å². The van der Waals surface area contributed by atoms with Gasteiger partial charge in [0, 0.05) is 16.6 Å². The standard InChI is InChI=1S/C13H14F3N3O2S/c1-2-9(7-8-17)18-12(20)19-10-3-5-11(6-4-10)22(21)13(14,15)16/h3-6,9H,2,7H2,1H3,(H2,18,19,20). The largest absolute Gasteiger partial charge is 0.475 e. The Labute approximate surface area is 128 Å². The maximum absolute atomic E-state index is 12.3. The maximum Gasteiger partial charge on any atom is 0.475 e. The molecule has 22 heavy (non-hydrogen) atoms. The molecule has 0 radical (unpaired) electrons. The molecule has 2 amide bonds. The van der Waals surface area contributed by atoms with Crippen LogP contribution in [0.3, 0.4) is 0 Å². The molecule has 120 valence electrons. The van der Waals surface area contributed by atoms with Gasteiger partial charge < -0.3 is 10.6 Å². The third-order valence-electron chi connectivity index (χ3n) is 2.70. The Kier molecular flexibility index (Phi) is 6.37. The van der Waals surface area contributed by atoms with E-state index in [1.165, 1.54) is 12.1 Å². The molecule has 0 aliphatic carbocycles. The van der Waals surface area contributed by atoms with Crippen molar-refractivity contribution < 1.29 is 22.2 Å². The normalized spacial score (nSPS) is 13.8. The average molecular weight is 333 g/mol. The van der Waals surface area contributed by atoms with Crippen molar-refractivity contribution >= 4 is 22.5 Å². The lowest BCUT2D eigenvalue weighted by molar-refractivity contribution is -0.0384. The monoisotopic (exact) mass is 333 g/mol. The number of nitrogens with one attached hydrogen (secondary N) is 2.